The van der Waals surface area contributed by atoms with E-state index in [2.05, 4.69) is 42.7 Å². The van der Waals surface area contributed by atoms with Gasteiger partial charge in [0, 0.05) is 25.2 Å². The molecule has 1 rings (SSSR count). The van der Waals surface area contributed by atoms with Crippen LogP contribution >= 0.6 is 7.82 Å². The smallest absolute Gasteiger partial charge is 0.472 e. The first kappa shape index (κ1) is 56.3. The second-order valence-electron chi connectivity index (χ2n) is 16.1. The lowest BCUT2D eigenvalue weighted by molar-refractivity contribution is -0.161. The van der Waals surface area contributed by atoms with Crippen molar-refractivity contribution in [2.45, 2.75) is 192 Å². The molecule has 61 heavy (non-hydrogen) atoms. The molecule has 7 N–H and O–H groups in total. The Morgan fingerprint density at radius 3 is 1.98 bits per heavy atom. The Balaban J connectivity index is 2.49. The van der Waals surface area contributed by atoms with Crippen LogP contribution in [0.3, 0.4) is 0 Å². The number of nitrogens with two attached hydrogens (primary N) is 1. The van der Waals surface area contributed by atoms with E-state index in [1.807, 2.05) is 18.2 Å². The number of hydrogen-bond acceptors (Lipinski definition) is 12. The zero-order chi connectivity index (χ0) is 45.1. The third kappa shape index (κ3) is 30.1. The molecule has 0 aromatic carbocycles. The summed E-state index contributed by atoms with van der Waals surface area (Å²) in [5.74, 6) is -2.96. The first-order chi connectivity index (χ1) is 29.3. The van der Waals surface area contributed by atoms with Crippen molar-refractivity contribution >= 4 is 25.7 Å². The molecule has 0 aromatic heterocycles. The summed E-state index contributed by atoms with van der Waals surface area (Å²) in [5, 5.41) is 40.3. The Labute approximate surface area is 365 Å². The molecule has 8 atom stereocenters. The van der Waals surface area contributed by atoms with Crippen molar-refractivity contribution in [3.63, 3.8) is 0 Å². The molecule has 1 unspecified atom stereocenters. The third-order valence-corrected chi connectivity index (χ3v) is 11.6. The molecule has 0 spiro atoms. The van der Waals surface area contributed by atoms with Crippen LogP contribution in [0.25, 0.3) is 0 Å². The number of esters is 2. The molecule has 1 fully saturated rings. The zero-order valence-corrected chi connectivity index (χ0v) is 38.0. The van der Waals surface area contributed by atoms with E-state index in [4.69, 9.17) is 24.8 Å². The molecule has 0 aromatic rings. The number of aliphatic hydroxyl groups excluding tert-OH is 3. The van der Waals surface area contributed by atoms with Gasteiger partial charge in [-0.15, -0.1) is 0 Å². The molecule has 352 valence electrons. The fourth-order valence-corrected chi connectivity index (χ4v) is 7.78. The number of phosphoric acid groups is 1. The standard InChI is InChI=1S/C46H80NO13P/c1-3-5-7-8-9-10-11-12-13-14-15-16-17-18-19-20-26-30-45(52)60-38(35-58-61(55,56)59-36-41(47)46(53)54)34-57-44(51)29-25-22-21-24-28-39-40(43(50)33-42(39)49)32-31-37(48)27-23-6-4-2/h12-13,15-16,18-19,31-32,37-43,48-50H,3-11,14,17,20-30,33-36,47H2,1-2H3,(H,53,54)(H,55,56)/b13-12-,16-15-,19-18-,32-31+/t37-,38+,39+,40+,41-,42-,43+/m0/s1. The summed E-state index contributed by atoms with van der Waals surface area (Å²) >= 11 is 0. The molecule has 0 radical (unpaired) electrons. The Bertz CT molecular complexity index is 1340. The predicted octanol–water partition coefficient (Wildman–Crippen LogP) is 8.55. The predicted molar refractivity (Wildman–Crippen MR) is 237 cm³/mol. The molecule has 0 amide bonds. The van der Waals surface area contributed by atoms with Crippen molar-refractivity contribution in [3.8, 4) is 0 Å². The van der Waals surface area contributed by atoms with Gasteiger partial charge in [-0.1, -0.05) is 133 Å². The van der Waals surface area contributed by atoms with Gasteiger partial charge >= 0.3 is 25.7 Å². The van der Waals surface area contributed by atoms with Crippen molar-refractivity contribution in [3.05, 3.63) is 48.6 Å². The summed E-state index contributed by atoms with van der Waals surface area (Å²) in [6.45, 7) is 2.43. The van der Waals surface area contributed by atoms with Crippen LogP contribution in [0.4, 0.5) is 0 Å². The van der Waals surface area contributed by atoms with Gasteiger partial charge in [0.25, 0.3) is 0 Å². The van der Waals surface area contributed by atoms with Gasteiger partial charge in [0.05, 0.1) is 31.5 Å². The van der Waals surface area contributed by atoms with Crippen LogP contribution in [0.1, 0.15) is 162 Å². The fraction of sp³-hybridized carbons (Fsp3) is 0.761. The van der Waals surface area contributed by atoms with E-state index in [0.29, 0.717) is 44.9 Å². The Kier molecular flexibility index (Phi) is 33.0. The molecular weight excluding hydrogens is 805 g/mol. The van der Waals surface area contributed by atoms with Gasteiger partial charge in [-0.3, -0.25) is 23.4 Å². The summed E-state index contributed by atoms with van der Waals surface area (Å²) in [6.07, 6.45) is 32.5. The Morgan fingerprint density at radius 2 is 1.30 bits per heavy atom. The number of carbonyl (C=O) groups excluding carboxylic acids is 2. The van der Waals surface area contributed by atoms with Crippen LogP contribution in [-0.4, -0.2) is 93.5 Å². The van der Waals surface area contributed by atoms with E-state index in [0.717, 1.165) is 51.4 Å². The molecule has 14 nitrogen and oxygen atoms in total. The van der Waals surface area contributed by atoms with Gasteiger partial charge < -0.3 is 40.5 Å². The minimum Gasteiger partial charge on any atom is -0.480 e. The number of hydrogen-bond donors (Lipinski definition) is 6. The lowest BCUT2D eigenvalue weighted by Gasteiger charge is -2.21. The monoisotopic (exact) mass is 886 g/mol. The lowest BCUT2D eigenvalue weighted by Crippen LogP contribution is -2.34. The van der Waals surface area contributed by atoms with Gasteiger partial charge in [0.15, 0.2) is 6.10 Å². The maximum Gasteiger partial charge on any atom is 0.472 e. The average molecular weight is 886 g/mol. The molecular formula is C46H80NO13P. The lowest BCUT2D eigenvalue weighted by atomic mass is 9.88. The second-order valence-corrected chi connectivity index (χ2v) is 17.6. The van der Waals surface area contributed by atoms with E-state index >= 15 is 0 Å². The SMILES string of the molecule is CCCCCCCC/C=C\C/C=C\C/C=C\CCCC(=O)O[C@H](COC(=O)CCCCCC[C@@H]1[C@@H](/C=C/[C@@H](O)CCCCC)[C@H](O)C[C@@H]1O)COP(=O)(O)OC[C@H](N)C(=O)O. The zero-order valence-electron chi connectivity index (χ0n) is 37.1. The van der Waals surface area contributed by atoms with Crippen LogP contribution in [0.5, 0.6) is 0 Å². The number of ether oxygens (including phenoxy) is 2. The number of carboxylic acid groups (broad SMARTS) is 1. The van der Waals surface area contributed by atoms with E-state index in [9.17, 15) is 39.2 Å². The highest BCUT2D eigenvalue weighted by molar-refractivity contribution is 7.47. The molecule has 0 bridgehead atoms. The summed E-state index contributed by atoms with van der Waals surface area (Å²) in [4.78, 5) is 46.2. The first-order valence-corrected chi connectivity index (χ1v) is 24.4. The highest BCUT2D eigenvalue weighted by Crippen LogP contribution is 2.43. The molecule has 0 heterocycles. The van der Waals surface area contributed by atoms with Crippen molar-refractivity contribution in [2.75, 3.05) is 19.8 Å². The Morgan fingerprint density at radius 1 is 0.721 bits per heavy atom. The maximum absolute atomic E-state index is 12.7. The number of aliphatic hydroxyl groups is 3. The first-order valence-electron chi connectivity index (χ1n) is 22.9. The van der Waals surface area contributed by atoms with Crippen molar-refractivity contribution < 1.29 is 62.8 Å². The summed E-state index contributed by atoms with van der Waals surface area (Å²) in [5.41, 5.74) is 5.33. The number of carboxylic acids is 1. The van der Waals surface area contributed by atoms with Crippen molar-refractivity contribution in [2.24, 2.45) is 17.6 Å². The molecule has 0 aliphatic heterocycles. The minimum absolute atomic E-state index is 0.0453. The molecule has 1 saturated carbocycles. The highest BCUT2D eigenvalue weighted by Gasteiger charge is 2.39. The van der Waals surface area contributed by atoms with E-state index in [-0.39, 0.29) is 24.7 Å². The molecule has 1 aliphatic rings. The van der Waals surface area contributed by atoms with Gasteiger partial charge in [-0.25, -0.2) is 4.57 Å². The van der Waals surface area contributed by atoms with Gasteiger partial charge in [-0.2, -0.15) is 0 Å². The minimum atomic E-state index is -4.79. The van der Waals surface area contributed by atoms with Crippen molar-refractivity contribution in [1.29, 1.82) is 0 Å². The van der Waals surface area contributed by atoms with Gasteiger partial charge in [0.2, 0.25) is 0 Å². The maximum atomic E-state index is 12.7. The van der Waals surface area contributed by atoms with Gasteiger partial charge in [-0.05, 0) is 63.7 Å². The summed E-state index contributed by atoms with van der Waals surface area (Å²) in [6, 6.07) is -1.56. The van der Waals surface area contributed by atoms with Crippen LogP contribution in [0.15, 0.2) is 48.6 Å². The number of phosphoric ester groups is 1. The topological polar surface area (TPSA) is 232 Å². The fourth-order valence-electron chi connectivity index (χ4n) is 7.00. The highest BCUT2D eigenvalue weighted by atomic mass is 31.2. The van der Waals surface area contributed by atoms with Crippen molar-refractivity contribution in [1.82, 2.24) is 0 Å². The average Bonchev–Trinajstić information content (AvgIpc) is 3.49. The number of carbonyl (C=O) groups is 3. The number of unbranched alkanes of at least 4 members (excludes halogenated alkanes) is 12. The number of allylic oxidation sites excluding steroid dienone is 6. The summed E-state index contributed by atoms with van der Waals surface area (Å²) in [7, 11) is -4.79. The Hall–Kier alpha value is -2.68. The van der Waals surface area contributed by atoms with Gasteiger partial charge in [0.1, 0.15) is 12.6 Å². The van der Waals surface area contributed by atoms with E-state index in [1.165, 1.54) is 38.5 Å². The molecule has 15 heteroatoms. The molecule has 0 saturated heterocycles. The number of rotatable bonds is 38. The van der Waals surface area contributed by atoms with Crippen LogP contribution in [-0.2, 0) is 37.5 Å². The van der Waals surface area contributed by atoms with Crippen LogP contribution in [0, 0.1) is 11.8 Å². The normalized spacial score (nSPS) is 20.8. The largest absolute Gasteiger partial charge is 0.480 e. The van der Waals surface area contributed by atoms with E-state index < -0.39 is 76.0 Å². The third-order valence-electron chi connectivity index (χ3n) is 10.6. The summed E-state index contributed by atoms with van der Waals surface area (Å²) < 4.78 is 32.7. The quantitative estimate of drug-likeness (QED) is 0.0148. The van der Waals surface area contributed by atoms with Crippen LogP contribution < -0.4 is 5.73 Å². The van der Waals surface area contributed by atoms with Crippen LogP contribution in [0.2, 0.25) is 0 Å². The molecule has 1 aliphatic carbocycles. The number of aliphatic carboxylic acids is 1. The second kappa shape index (κ2) is 35.7. The van der Waals surface area contributed by atoms with E-state index in [1.54, 1.807) is 6.08 Å².